The second kappa shape index (κ2) is 8.05. The fourth-order valence-electron chi connectivity index (χ4n) is 5.17. The Hall–Kier alpha value is -4.00. The maximum absolute atomic E-state index is 13.5. The highest BCUT2D eigenvalue weighted by atomic mass is 19.1. The Morgan fingerprint density at radius 1 is 1.03 bits per heavy atom. The third kappa shape index (κ3) is 3.58. The minimum Gasteiger partial charge on any atom is -0.350 e. The van der Waals surface area contributed by atoms with Crippen molar-refractivity contribution in [2.24, 2.45) is 5.92 Å². The Morgan fingerprint density at radius 2 is 1.74 bits per heavy atom. The van der Waals surface area contributed by atoms with Gasteiger partial charge >= 0.3 is 0 Å². The van der Waals surface area contributed by atoms with Crippen LogP contribution in [0.5, 0.6) is 0 Å². The summed E-state index contributed by atoms with van der Waals surface area (Å²) < 4.78 is 15.1. The van der Waals surface area contributed by atoms with Crippen molar-refractivity contribution in [3.63, 3.8) is 0 Å². The van der Waals surface area contributed by atoms with E-state index in [9.17, 15) is 14.0 Å². The second-order valence-electron chi connectivity index (χ2n) is 9.56. The van der Waals surface area contributed by atoms with E-state index in [1.165, 1.54) is 12.1 Å². The van der Waals surface area contributed by atoms with Crippen molar-refractivity contribution in [1.82, 2.24) is 15.1 Å². The fourth-order valence-corrected chi connectivity index (χ4v) is 5.17. The first-order valence-corrected chi connectivity index (χ1v) is 11.9. The van der Waals surface area contributed by atoms with E-state index >= 15 is 0 Å². The molecule has 2 heterocycles. The predicted molar refractivity (Wildman–Crippen MR) is 132 cm³/mol. The molecule has 1 aromatic heterocycles. The van der Waals surface area contributed by atoms with Crippen LogP contribution in [0.4, 0.5) is 10.1 Å². The van der Waals surface area contributed by atoms with E-state index in [4.69, 9.17) is 0 Å². The topological polar surface area (TPSA) is 67.2 Å². The first-order chi connectivity index (χ1) is 16.9. The zero-order chi connectivity index (χ0) is 24.2. The summed E-state index contributed by atoms with van der Waals surface area (Å²) >= 11 is 0. The van der Waals surface area contributed by atoms with E-state index in [1.54, 1.807) is 23.0 Å². The van der Waals surface area contributed by atoms with Gasteiger partial charge in [0, 0.05) is 17.0 Å². The molecule has 0 bridgehead atoms. The molecule has 6 rings (SSSR count). The van der Waals surface area contributed by atoms with Crippen LogP contribution >= 0.6 is 0 Å². The van der Waals surface area contributed by atoms with Crippen molar-refractivity contribution in [3.05, 3.63) is 90.4 Å². The molecule has 35 heavy (non-hydrogen) atoms. The summed E-state index contributed by atoms with van der Waals surface area (Å²) in [6.45, 7) is 2.03. The fraction of sp³-hybridized carbons (Fsp3) is 0.250. The monoisotopic (exact) mass is 468 g/mol. The number of amides is 2. The number of aromatic nitrogens is 2. The highest BCUT2D eigenvalue weighted by Crippen LogP contribution is 2.44. The van der Waals surface area contributed by atoms with E-state index in [1.807, 2.05) is 60.4 Å². The first kappa shape index (κ1) is 21.5. The summed E-state index contributed by atoms with van der Waals surface area (Å²) in [7, 11) is 0. The third-order valence-corrected chi connectivity index (χ3v) is 7.28. The predicted octanol–water partition coefficient (Wildman–Crippen LogP) is 4.71. The zero-order valence-corrected chi connectivity index (χ0v) is 19.3. The van der Waals surface area contributed by atoms with Crippen molar-refractivity contribution < 1.29 is 14.0 Å². The lowest BCUT2D eigenvalue weighted by Crippen LogP contribution is -2.53. The van der Waals surface area contributed by atoms with Crippen LogP contribution < -0.4 is 10.2 Å². The van der Waals surface area contributed by atoms with E-state index in [-0.39, 0.29) is 36.0 Å². The number of carbonyl (C=O) groups is 2. The SMILES string of the molecule is CC1(c2ccccc2)C(NC(=O)C2CC2)CC(=O)N1c1ccc2c(cnn2-c2ccc(F)cc2)c1. The Morgan fingerprint density at radius 3 is 2.46 bits per heavy atom. The maximum Gasteiger partial charge on any atom is 0.230 e. The molecule has 2 fully saturated rings. The number of carbonyl (C=O) groups excluding carboxylic acids is 2. The Balaban J connectivity index is 1.42. The lowest BCUT2D eigenvalue weighted by atomic mass is 9.84. The van der Waals surface area contributed by atoms with Crippen molar-refractivity contribution in [2.45, 2.75) is 37.8 Å². The minimum absolute atomic E-state index is 0.0304. The Kier molecular flexibility index (Phi) is 4.95. The molecule has 1 saturated carbocycles. The van der Waals surface area contributed by atoms with Crippen LogP contribution in [0.1, 0.15) is 31.7 Å². The van der Waals surface area contributed by atoms with Crippen molar-refractivity contribution >= 4 is 28.4 Å². The Bertz CT molecular complexity index is 1430. The molecule has 4 aromatic rings. The van der Waals surface area contributed by atoms with Crippen LogP contribution in [-0.2, 0) is 15.1 Å². The summed E-state index contributed by atoms with van der Waals surface area (Å²) in [6.07, 6.45) is 3.80. The zero-order valence-electron chi connectivity index (χ0n) is 19.3. The molecule has 2 amide bonds. The number of hydrogen-bond acceptors (Lipinski definition) is 3. The van der Waals surface area contributed by atoms with E-state index < -0.39 is 5.54 Å². The minimum atomic E-state index is -0.747. The number of hydrogen-bond donors (Lipinski definition) is 1. The van der Waals surface area contributed by atoms with Gasteiger partial charge in [-0.2, -0.15) is 5.10 Å². The van der Waals surface area contributed by atoms with Gasteiger partial charge in [0.2, 0.25) is 11.8 Å². The van der Waals surface area contributed by atoms with Gasteiger partial charge in [-0.3, -0.25) is 9.59 Å². The number of halogens is 1. The Labute approximate surface area is 202 Å². The smallest absolute Gasteiger partial charge is 0.230 e. The van der Waals surface area contributed by atoms with Gasteiger partial charge in [0.05, 0.1) is 35.4 Å². The number of nitrogens with zero attached hydrogens (tertiary/aromatic N) is 3. The van der Waals surface area contributed by atoms with Crippen LogP contribution in [0.15, 0.2) is 79.0 Å². The summed E-state index contributed by atoms with van der Waals surface area (Å²) in [5.41, 5.74) is 2.57. The number of rotatable bonds is 5. The van der Waals surface area contributed by atoms with E-state index in [2.05, 4.69) is 10.4 Å². The average molecular weight is 469 g/mol. The standard InChI is InChI=1S/C28H25FN4O2/c1-28(20-5-3-2-4-6-20)25(31-27(35)18-7-8-18)16-26(34)32(28)23-13-14-24-19(15-23)17-30-33(24)22-11-9-21(29)10-12-22/h2-6,9-15,17-18,25H,7-8,16H2,1H3,(H,31,35). The number of nitrogens with one attached hydrogen (secondary N) is 1. The highest BCUT2D eigenvalue weighted by Gasteiger charge is 2.52. The molecule has 2 unspecified atom stereocenters. The summed E-state index contributed by atoms with van der Waals surface area (Å²) in [6, 6.07) is 21.5. The molecule has 7 heteroatoms. The van der Waals surface area contributed by atoms with Crippen LogP contribution in [-0.4, -0.2) is 27.6 Å². The normalized spacial score (nSPS) is 22.1. The van der Waals surface area contributed by atoms with Gasteiger partial charge in [-0.1, -0.05) is 30.3 Å². The summed E-state index contributed by atoms with van der Waals surface area (Å²) in [5.74, 6) is -0.248. The van der Waals surface area contributed by atoms with Gasteiger partial charge in [0.25, 0.3) is 0 Å². The molecular formula is C28H25FN4O2. The quantitative estimate of drug-likeness (QED) is 0.461. The van der Waals surface area contributed by atoms with Gasteiger partial charge in [-0.05, 0) is 67.8 Å². The molecule has 2 atom stereocenters. The van der Waals surface area contributed by atoms with E-state index in [0.29, 0.717) is 0 Å². The van der Waals surface area contributed by atoms with Crippen molar-refractivity contribution in [1.29, 1.82) is 0 Å². The maximum atomic E-state index is 13.5. The molecule has 176 valence electrons. The number of benzene rings is 3. The lowest BCUT2D eigenvalue weighted by Gasteiger charge is -2.40. The van der Waals surface area contributed by atoms with Gasteiger partial charge in [-0.25, -0.2) is 9.07 Å². The number of fused-ring (bicyclic) bond motifs is 1. The average Bonchev–Trinajstić information content (AvgIpc) is 3.59. The van der Waals surface area contributed by atoms with Gasteiger partial charge in [0.15, 0.2) is 0 Å². The van der Waals surface area contributed by atoms with Crippen LogP contribution in [0.2, 0.25) is 0 Å². The lowest BCUT2D eigenvalue weighted by molar-refractivity contribution is -0.123. The van der Waals surface area contributed by atoms with Crippen molar-refractivity contribution in [2.75, 3.05) is 4.90 Å². The second-order valence-corrected chi connectivity index (χ2v) is 9.56. The molecule has 0 radical (unpaired) electrons. The van der Waals surface area contributed by atoms with Crippen molar-refractivity contribution in [3.8, 4) is 5.69 Å². The third-order valence-electron chi connectivity index (χ3n) is 7.28. The van der Waals surface area contributed by atoms with E-state index in [0.717, 1.165) is 40.7 Å². The van der Waals surface area contributed by atoms with Gasteiger partial charge < -0.3 is 10.2 Å². The molecule has 1 aliphatic heterocycles. The number of anilines is 1. The van der Waals surface area contributed by atoms with Crippen LogP contribution in [0.25, 0.3) is 16.6 Å². The summed E-state index contributed by atoms with van der Waals surface area (Å²) in [4.78, 5) is 28.0. The summed E-state index contributed by atoms with van der Waals surface area (Å²) in [5, 5.41) is 8.53. The molecule has 1 aliphatic carbocycles. The molecule has 2 aliphatic rings. The molecule has 1 saturated heterocycles. The molecule has 1 N–H and O–H groups in total. The molecule has 0 spiro atoms. The van der Waals surface area contributed by atoms with Crippen LogP contribution in [0, 0.1) is 11.7 Å². The molecule has 6 nitrogen and oxygen atoms in total. The van der Waals surface area contributed by atoms with Crippen LogP contribution in [0.3, 0.4) is 0 Å². The first-order valence-electron chi connectivity index (χ1n) is 11.9. The van der Waals surface area contributed by atoms with Gasteiger partial charge in [0.1, 0.15) is 5.82 Å². The largest absolute Gasteiger partial charge is 0.350 e. The highest BCUT2D eigenvalue weighted by molar-refractivity contribution is 6.01. The molecule has 3 aromatic carbocycles. The van der Waals surface area contributed by atoms with Gasteiger partial charge in [-0.15, -0.1) is 0 Å². The molecular weight excluding hydrogens is 443 g/mol.